The molecule has 25 heavy (non-hydrogen) atoms. The molecule has 3 rings (SSSR count). The van der Waals surface area contributed by atoms with Crippen LogP contribution in [-0.2, 0) is 0 Å². The molecule has 1 aliphatic carbocycles. The summed E-state index contributed by atoms with van der Waals surface area (Å²) in [6.45, 7) is 0. The number of rotatable bonds is 2. The molecule has 0 saturated heterocycles. The standard InChI is InChI=1S/C13H13N3.C6H13N.FH.HI/c14-13(15-11-7-3-1-4-8-11)16-12-9-5-2-6-10-12;7-6-4-2-1-3-5-6;;/h1-10H,(H3,14,15,16);6H,1-5,7H2;2*1H. The number of para-hydroxylation sites is 2. The first-order valence-corrected chi connectivity index (χ1v) is 8.21. The summed E-state index contributed by atoms with van der Waals surface area (Å²) in [5, 5.41) is 3.02. The Hall–Kier alpha value is -1.67. The Kier molecular flexibility index (Phi) is 12.7. The number of hydrogen-bond acceptors (Lipinski definition) is 2. The predicted octanol–water partition coefficient (Wildman–Crippen LogP) is 4.79. The molecule has 2 aromatic carbocycles. The van der Waals surface area contributed by atoms with Gasteiger partial charge in [-0.1, -0.05) is 55.7 Å². The molecule has 0 aromatic heterocycles. The van der Waals surface area contributed by atoms with Crippen LogP contribution in [0.15, 0.2) is 65.7 Å². The molecular formula is C19H28FIN4. The summed E-state index contributed by atoms with van der Waals surface area (Å²) >= 11 is 0. The molecule has 138 valence electrons. The van der Waals surface area contributed by atoms with Gasteiger partial charge in [0, 0.05) is 11.7 Å². The van der Waals surface area contributed by atoms with Crippen LogP contribution in [0, 0.1) is 0 Å². The lowest BCUT2D eigenvalue weighted by Crippen LogP contribution is -2.22. The summed E-state index contributed by atoms with van der Waals surface area (Å²) in [6.07, 6.45) is 6.66. The highest BCUT2D eigenvalue weighted by Gasteiger charge is 2.06. The van der Waals surface area contributed by atoms with Crippen LogP contribution in [-0.4, -0.2) is 12.0 Å². The number of anilines is 1. The third-order valence-electron chi connectivity index (χ3n) is 3.70. The number of nitrogens with one attached hydrogen (secondary N) is 1. The van der Waals surface area contributed by atoms with Crippen LogP contribution in [0.3, 0.4) is 0 Å². The lowest BCUT2D eigenvalue weighted by molar-refractivity contribution is 0.441. The summed E-state index contributed by atoms with van der Waals surface area (Å²) in [7, 11) is 0. The smallest absolute Gasteiger partial charge is 0.198 e. The molecule has 0 heterocycles. The summed E-state index contributed by atoms with van der Waals surface area (Å²) < 4.78 is 0. The second-order valence-corrected chi connectivity index (χ2v) is 5.72. The van der Waals surface area contributed by atoms with Crippen LogP contribution in [0.4, 0.5) is 16.1 Å². The zero-order valence-corrected chi connectivity index (χ0v) is 16.6. The highest BCUT2D eigenvalue weighted by molar-refractivity contribution is 14.0. The van der Waals surface area contributed by atoms with Gasteiger partial charge in [0.25, 0.3) is 0 Å². The van der Waals surface area contributed by atoms with Crippen molar-refractivity contribution in [3.63, 3.8) is 0 Å². The molecule has 2 aromatic rings. The van der Waals surface area contributed by atoms with Gasteiger partial charge in [0.1, 0.15) is 0 Å². The number of nitrogens with two attached hydrogens (primary N) is 2. The molecule has 0 aliphatic heterocycles. The van der Waals surface area contributed by atoms with E-state index in [1.54, 1.807) is 0 Å². The van der Waals surface area contributed by atoms with Crippen molar-refractivity contribution >= 4 is 41.3 Å². The van der Waals surface area contributed by atoms with Crippen molar-refractivity contribution in [2.24, 2.45) is 16.5 Å². The predicted molar refractivity (Wildman–Crippen MR) is 117 cm³/mol. The van der Waals surface area contributed by atoms with Gasteiger partial charge < -0.3 is 16.8 Å². The number of benzene rings is 2. The van der Waals surface area contributed by atoms with Crippen molar-refractivity contribution in [1.82, 2.24) is 0 Å². The van der Waals surface area contributed by atoms with E-state index in [1.807, 2.05) is 60.7 Å². The van der Waals surface area contributed by atoms with Gasteiger partial charge in [0.2, 0.25) is 0 Å². The van der Waals surface area contributed by atoms with Gasteiger partial charge in [-0.3, -0.25) is 4.70 Å². The fourth-order valence-electron chi connectivity index (χ4n) is 2.47. The lowest BCUT2D eigenvalue weighted by Gasteiger charge is -2.15. The van der Waals surface area contributed by atoms with Crippen LogP contribution in [0.2, 0.25) is 0 Å². The minimum Gasteiger partial charge on any atom is -0.369 e. The molecule has 0 unspecified atom stereocenters. The molecule has 1 fully saturated rings. The average Bonchev–Trinajstić information content (AvgIpc) is 2.58. The van der Waals surface area contributed by atoms with E-state index in [1.165, 1.54) is 32.1 Å². The molecule has 0 spiro atoms. The first-order chi connectivity index (χ1) is 11.2. The van der Waals surface area contributed by atoms with Crippen LogP contribution in [0.5, 0.6) is 0 Å². The normalized spacial score (nSPS) is 14.2. The van der Waals surface area contributed by atoms with Gasteiger partial charge in [0.05, 0.1) is 5.69 Å². The van der Waals surface area contributed by atoms with Crippen molar-refractivity contribution in [2.75, 3.05) is 5.32 Å². The maximum Gasteiger partial charge on any atom is 0.198 e. The number of guanidine groups is 1. The molecule has 0 atom stereocenters. The van der Waals surface area contributed by atoms with Gasteiger partial charge in [0.15, 0.2) is 5.96 Å². The number of nitrogens with zero attached hydrogens (tertiary/aromatic N) is 1. The summed E-state index contributed by atoms with van der Waals surface area (Å²) in [6, 6.07) is 19.9. The van der Waals surface area contributed by atoms with Crippen molar-refractivity contribution < 1.29 is 4.70 Å². The Morgan fingerprint density at radius 3 is 1.88 bits per heavy atom. The van der Waals surface area contributed by atoms with Crippen LogP contribution < -0.4 is 16.8 Å². The molecule has 5 N–H and O–H groups in total. The molecule has 0 radical (unpaired) electrons. The summed E-state index contributed by atoms with van der Waals surface area (Å²) in [5.41, 5.74) is 13.2. The maximum absolute atomic E-state index is 5.78. The van der Waals surface area contributed by atoms with Crippen LogP contribution >= 0.6 is 24.0 Å². The van der Waals surface area contributed by atoms with E-state index in [-0.39, 0.29) is 28.7 Å². The molecule has 6 heteroatoms. The molecular weight excluding hydrogens is 430 g/mol. The lowest BCUT2D eigenvalue weighted by atomic mass is 9.97. The second-order valence-electron chi connectivity index (χ2n) is 5.72. The molecule has 1 saturated carbocycles. The monoisotopic (exact) mass is 458 g/mol. The van der Waals surface area contributed by atoms with E-state index in [2.05, 4.69) is 10.3 Å². The first-order valence-electron chi connectivity index (χ1n) is 8.21. The second kappa shape index (κ2) is 13.6. The topological polar surface area (TPSA) is 76.4 Å². The zero-order valence-electron chi connectivity index (χ0n) is 14.3. The number of hydrogen-bond donors (Lipinski definition) is 3. The van der Waals surface area contributed by atoms with Crippen molar-refractivity contribution in [2.45, 2.75) is 38.1 Å². The van der Waals surface area contributed by atoms with E-state index in [0.717, 1.165) is 11.4 Å². The van der Waals surface area contributed by atoms with E-state index in [4.69, 9.17) is 11.5 Å². The minimum atomic E-state index is 0. The van der Waals surface area contributed by atoms with Crippen molar-refractivity contribution in [1.29, 1.82) is 0 Å². The molecule has 1 aliphatic rings. The quantitative estimate of drug-likeness (QED) is 0.344. The third kappa shape index (κ3) is 10.0. The fourth-order valence-corrected chi connectivity index (χ4v) is 2.47. The summed E-state index contributed by atoms with van der Waals surface area (Å²) in [5.74, 6) is 0.386. The Morgan fingerprint density at radius 1 is 0.880 bits per heavy atom. The van der Waals surface area contributed by atoms with E-state index in [0.29, 0.717) is 12.0 Å². The Balaban J connectivity index is 0.000000547. The zero-order chi connectivity index (χ0) is 16.3. The van der Waals surface area contributed by atoms with Crippen LogP contribution in [0.1, 0.15) is 32.1 Å². The van der Waals surface area contributed by atoms with Gasteiger partial charge >= 0.3 is 0 Å². The maximum atomic E-state index is 5.78. The fraction of sp³-hybridized carbons (Fsp3) is 0.316. The SMILES string of the molecule is F.I.NC(=Nc1ccccc1)Nc1ccccc1.NC1CCCCC1. The highest BCUT2D eigenvalue weighted by Crippen LogP contribution is 2.14. The Labute approximate surface area is 166 Å². The summed E-state index contributed by atoms with van der Waals surface area (Å²) in [4.78, 5) is 4.24. The van der Waals surface area contributed by atoms with Gasteiger partial charge in [-0.15, -0.1) is 24.0 Å². The van der Waals surface area contributed by atoms with Crippen molar-refractivity contribution in [3.8, 4) is 0 Å². The van der Waals surface area contributed by atoms with E-state index >= 15 is 0 Å². The van der Waals surface area contributed by atoms with E-state index in [9.17, 15) is 0 Å². The third-order valence-corrected chi connectivity index (χ3v) is 3.70. The first kappa shape index (κ1) is 23.3. The molecule has 4 nitrogen and oxygen atoms in total. The van der Waals surface area contributed by atoms with E-state index < -0.39 is 0 Å². The number of aliphatic imine (C=N–C) groups is 1. The molecule has 0 amide bonds. The average molecular weight is 458 g/mol. The van der Waals surface area contributed by atoms with Gasteiger partial charge in [-0.05, 0) is 37.1 Å². The largest absolute Gasteiger partial charge is 0.369 e. The van der Waals surface area contributed by atoms with Crippen molar-refractivity contribution in [3.05, 3.63) is 60.7 Å². The van der Waals surface area contributed by atoms with Gasteiger partial charge in [-0.2, -0.15) is 0 Å². The Bertz CT molecular complexity index is 587. The minimum absolute atomic E-state index is 0. The Morgan fingerprint density at radius 2 is 1.40 bits per heavy atom. The van der Waals surface area contributed by atoms with Gasteiger partial charge in [-0.25, -0.2) is 4.99 Å². The number of halogens is 2. The molecule has 0 bridgehead atoms. The van der Waals surface area contributed by atoms with Crippen LogP contribution in [0.25, 0.3) is 0 Å². The highest BCUT2D eigenvalue weighted by atomic mass is 127.